The lowest BCUT2D eigenvalue weighted by molar-refractivity contribution is -0.144. The molecule has 35 heavy (non-hydrogen) atoms. The first-order valence-corrected chi connectivity index (χ1v) is 14.6. The molecule has 0 saturated heterocycles. The van der Waals surface area contributed by atoms with Gasteiger partial charge in [0, 0.05) is 18.0 Å². The highest BCUT2D eigenvalue weighted by Gasteiger charge is 2.34. The monoisotopic (exact) mass is 506 g/mol. The number of halogens is 2. The van der Waals surface area contributed by atoms with Crippen molar-refractivity contribution in [3.05, 3.63) is 59.2 Å². The van der Waals surface area contributed by atoms with Gasteiger partial charge in [0.1, 0.15) is 17.7 Å². The number of aliphatic carboxylic acids is 1. The molecule has 0 fully saturated rings. The second-order valence-electron chi connectivity index (χ2n) is 10.1. The first kappa shape index (κ1) is 28.1. The zero-order chi connectivity index (χ0) is 26.6. The second-order valence-corrected chi connectivity index (χ2v) is 15.1. The summed E-state index contributed by atoms with van der Waals surface area (Å²) in [6.45, 7) is 8.68. The molecule has 2 amide bonds. The van der Waals surface area contributed by atoms with E-state index in [1.54, 1.807) is 31.4 Å². The zero-order valence-electron chi connectivity index (χ0n) is 20.8. The highest BCUT2D eigenvalue weighted by molar-refractivity contribution is 6.88. The van der Waals surface area contributed by atoms with E-state index in [0.29, 0.717) is 12.2 Å². The highest BCUT2D eigenvalue weighted by atomic mass is 28.3. The van der Waals surface area contributed by atoms with Crippen LogP contribution in [0.5, 0.6) is 0 Å². The van der Waals surface area contributed by atoms with Gasteiger partial charge in [0.05, 0.1) is 26.5 Å². The van der Waals surface area contributed by atoms with E-state index in [1.165, 1.54) is 13.8 Å². The highest BCUT2D eigenvalue weighted by Crippen LogP contribution is 2.25. The minimum atomic E-state index is -2.31. The number of methoxy groups -OCH3 is 1. The summed E-state index contributed by atoms with van der Waals surface area (Å²) in [5.41, 5.74) is -0.162. The number of hydrogen-bond acceptors (Lipinski definition) is 4. The molecule has 190 valence electrons. The maximum atomic E-state index is 14.7. The molecule has 1 atom stereocenters. The fraction of sp³-hybridized carbons (Fsp3) is 0.400. The quantitative estimate of drug-likeness (QED) is 0.423. The summed E-state index contributed by atoms with van der Waals surface area (Å²) in [5, 5.41) is 14.2. The summed E-state index contributed by atoms with van der Waals surface area (Å²) >= 11 is 0. The standard InChI is InChI=1S/C25H32F2N2O5Si/c1-25(2,13-20(30)31)24(33)29-21(16-9-7-15(8-10-16)14-34-3)23(32)28-17-11-18(26)22(19(27)12-17)35(4,5)6/h7-12,21H,13-14H2,1-6H3,(H,28,32)(H,29,33)(H,30,31)/t21-/m1/s1. The van der Waals surface area contributed by atoms with Crippen molar-refractivity contribution in [2.24, 2.45) is 5.41 Å². The van der Waals surface area contributed by atoms with E-state index >= 15 is 0 Å². The Morgan fingerprint density at radius 1 is 1.06 bits per heavy atom. The van der Waals surface area contributed by atoms with Gasteiger partial charge in [0.25, 0.3) is 5.91 Å². The number of ether oxygens (including phenoxy) is 1. The van der Waals surface area contributed by atoms with Crippen LogP contribution in [0.25, 0.3) is 0 Å². The maximum Gasteiger partial charge on any atom is 0.304 e. The van der Waals surface area contributed by atoms with Gasteiger partial charge in [0.2, 0.25) is 5.91 Å². The topological polar surface area (TPSA) is 105 Å². The number of carbonyl (C=O) groups is 3. The SMILES string of the molecule is COCc1ccc([C@@H](NC(=O)C(C)(C)CC(=O)O)C(=O)Nc2cc(F)c([Si](C)(C)C)c(F)c2)cc1. The molecular formula is C25H32F2N2O5Si. The van der Waals surface area contributed by atoms with Crippen LogP contribution in [0.1, 0.15) is 37.4 Å². The van der Waals surface area contributed by atoms with Crippen LogP contribution >= 0.6 is 0 Å². The Labute approximate surface area is 204 Å². The lowest BCUT2D eigenvalue weighted by Gasteiger charge is -2.26. The molecule has 0 spiro atoms. The minimum absolute atomic E-state index is 0.0319. The molecule has 10 heteroatoms. The molecule has 3 N–H and O–H groups in total. The van der Waals surface area contributed by atoms with Crippen LogP contribution in [0.15, 0.2) is 36.4 Å². The molecule has 0 bridgehead atoms. The van der Waals surface area contributed by atoms with Gasteiger partial charge < -0.3 is 20.5 Å². The largest absolute Gasteiger partial charge is 0.481 e. The third-order valence-corrected chi connectivity index (χ3v) is 7.41. The van der Waals surface area contributed by atoms with Crippen molar-refractivity contribution in [3.8, 4) is 0 Å². The summed E-state index contributed by atoms with van der Waals surface area (Å²) in [4.78, 5) is 37.3. The summed E-state index contributed by atoms with van der Waals surface area (Å²) in [7, 11) is -0.764. The van der Waals surface area contributed by atoms with E-state index in [-0.39, 0.29) is 10.9 Å². The van der Waals surface area contributed by atoms with Crippen LogP contribution < -0.4 is 15.8 Å². The third kappa shape index (κ3) is 7.43. The number of benzene rings is 2. The third-order valence-electron chi connectivity index (χ3n) is 5.43. The smallest absolute Gasteiger partial charge is 0.304 e. The van der Waals surface area contributed by atoms with Gasteiger partial charge in [-0.25, -0.2) is 8.78 Å². The van der Waals surface area contributed by atoms with Gasteiger partial charge in [-0.05, 0) is 23.3 Å². The normalized spacial score (nSPS) is 12.7. The molecule has 2 aromatic carbocycles. The molecule has 0 heterocycles. The predicted molar refractivity (Wildman–Crippen MR) is 132 cm³/mol. The molecule has 0 aliphatic carbocycles. The predicted octanol–water partition coefficient (Wildman–Crippen LogP) is 3.95. The number of carbonyl (C=O) groups excluding carboxylic acids is 2. The van der Waals surface area contributed by atoms with Crippen LogP contribution in [-0.4, -0.2) is 38.1 Å². The van der Waals surface area contributed by atoms with Gasteiger partial charge in [-0.15, -0.1) is 0 Å². The van der Waals surface area contributed by atoms with Crippen molar-refractivity contribution in [1.82, 2.24) is 5.32 Å². The van der Waals surface area contributed by atoms with Gasteiger partial charge in [0.15, 0.2) is 0 Å². The molecule has 0 aliphatic rings. The Morgan fingerprint density at radius 3 is 2.06 bits per heavy atom. The van der Waals surface area contributed by atoms with Crippen LogP contribution in [0.2, 0.25) is 19.6 Å². The lowest BCUT2D eigenvalue weighted by atomic mass is 9.87. The van der Waals surface area contributed by atoms with Crippen LogP contribution in [0.4, 0.5) is 14.5 Å². The Balaban J connectivity index is 2.39. The Kier molecular flexibility index (Phi) is 8.91. The first-order chi connectivity index (χ1) is 16.2. The molecule has 7 nitrogen and oxygen atoms in total. The number of carboxylic acid groups (broad SMARTS) is 1. The van der Waals surface area contributed by atoms with Gasteiger partial charge >= 0.3 is 5.97 Å². The number of nitrogens with one attached hydrogen (secondary N) is 2. The van der Waals surface area contributed by atoms with Crippen molar-refractivity contribution in [1.29, 1.82) is 0 Å². The lowest BCUT2D eigenvalue weighted by Crippen LogP contribution is -2.44. The van der Waals surface area contributed by atoms with Crippen LogP contribution in [0.3, 0.4) is 0 Å². The molecule has 0 aromatic heterocycles. The van der Waals surface area contributed by atoms with E-state index in [4.69, 9.17) is 9.84 Å². The average molecular weight is 507 g/mol. The van der Waals surface area contributed by atoms with Crippen molar-refractivity contribution in [2.75, 3.05) is 12.4 Å². The summed E-state index contributed by atoms with van der Waals surface area (Å²) in [5.74, 6) is -4.04. The number of carboxylic acids is 1. The molecule has 2 aromatic rings. The number of amides is 2. The zero-order valence-corrected chi connectivity index (χ0v) is 21.8. The molecule has 0 unspecified atom stereocenters. The number of hydrogen-bond donors (Lipinski definition) is 3. The molecule has 2 rings (SSSR count). The van der Waals surface area contributed by atoms with Gasteiger partial charge in [-0.3, -0.25) is 14.4 Å². The van der Waals surface area contributed by atoms with Crippen LogP contribution in [0, 0.1) is 17.0 Å². The number of anilines is 1. The van der Waals surface area contributed by atoms with Gasteiger partial charge in [-0.1, -0.05) is 57.8 Å². The van der Waals surface area contributed by atoms with Crippen molar-refractivity contribution in [3.63, 3.8) is 0 Å². The Bertz CT molecular complexity index is 1080. The van der Waals surface area contributed by atoms with E-state index in [0.717, 1.165) is 17.7 Å². The summed E-state index contributed by atoms with van der Waals surface area (Å²) in [6.07, 6.45) is -0.450. The molecule has 0 aliphatic heterocycles. The summed E-state index contributed by atoms with van der Waals surface area (Å²) in [6, 6.07) is 7.56. The Hall–Kier alpha value is -3.11. The molecular weight excluding hydrogens is 474 g/mol. The van der Waals surface area contributed by atoms with Crippen molar-refractivity contribution in [2.45, 2.75) is 52.6 Å². The molecule has 0 saturated carbocycles. The van der Waals surface area contributed by atoms with Crippen LogP contribution in [-0.2, 0) is 25.7 Å². The second kappa shape index (κ2) is 11.1. The van der Waals surface area contributed by atoms with E-state index in [1.807, 2.05) is 19.6 Å². The molecule has 0 radical (unpaired) electrons. The first-order valence-electron chi connectivity index (χ1n) is 11.1. The fourth-order valence-electron chi connectivity index (χ4n) is 3.63. The van der Waals surface area contributed by atoms with E-state index in [2.05, 4.69) is 10.6 Å². The van der Waals surface area contributed by atoms with E-state index in [9.17, 15) is 23.2 Å². The fourth-order valence-corrected chi connectivity index (χ4v) is 5.21. The van der Waals surface area contributed by atoms with Crippen molar-refractivity contribution < 1.29 is 33.0 Å². The summed E-state index contributed by atoms with van der Waals surface area (Å²) < 4.78 is 34.5. The number of rotatable bonds is 10. The van der Waals surface area contributed by atoms with E-state index < -0.39 is 55.4 Å². The Morgan fingerprint density at radius 2 is 1.60 bits per heavy atom. The average Bonchev–Trinajstić information content (AvgIpc) is 2.70. The van der Waals surface area contributed by atoms with Gasteiger partial charge in [-0.2, -0.15) is 0 Å². The minimum Gasteiger partial charge on any atom is -0.481 e. The van der Waals surface area contributed by atoms with Crippen molar-refractivity contribution >= 4 is 36.7 Å². The maximum absolute atomic E-state index is 14.7.